The molecule has 1 fully saturated rings. The molecule has 0 aromatic heterocycles. The van der Waals surface area contributed by atoms with Crippen LogP contribution < -0.4 is 5.32 Å². The summed E-state index contributed by atoms with van der Waals surface area (Å²) in [5.74, 6) is 0. The van der Waals surface area contributed by atoms with Crippen LogP contribution in [0.1, 0.15) is 24.8 Å². The Bertz CT molecular complexity index is 600. The number of sulfone groups is 1. The van der Waals surface area contributed by atoms with E-state index in [2.05, 4.69) is 5.32 Å². The van der Waals surface area contributed by atoms with Crippen LogP contribution in [0.3, 0.4) is 0 Å². The molecule has 0 amide bonds. The minimum absolute atomic E-state index is 0.0638. The third-order valence-corrected chi connectivity index (χ3v) is 5.41. The Morgan fingerprint density at radius 1 is 1.35 bits per heavy atom. The van der Waals surface area contributed by atoms with Crippen molar-refractivity contribution in [3.05, 3.63) is 39.9 Å². The molecule has 0 bridgehead atoms. The van der Waals surface area contributed by atoms with Gasteiger partial charge in [-0.2, -0.15) is 0 Å². The largest absolute Gasteiger partial charge is 0.308 e. The standard InChI is InChI=1S/C13H18N2O4S/c1-20(18,19)13-8-4-6-11(13)14-9-10-5-2-3-7-12(10)15(16)17/h2-3,5,7,11,13-14H,4,6,8-9H2,1H3. The zero-order chi connectivity index (χ0) is 14.8. The zero-order valence-corrected chi connectivity index (χ0v) is 12.1. The molecule has 1 N–H and O–H groups in total. The lowest BCUT2D eigenvalue weighted by molar-refractivity contribution is -0.385. The van der Waals surface area contributed by atoms with Crippen molar-refractivity contribution in [3.63, 3.8) is 0 Å². The summed E-state index contributed by atoms with van der Waals surface area (Å²) in [5.41, 5.74) is 0.644. The van der Waals surface area contributed by atoms with E-state index in [9.17, 15) is 18.5 Å². The van der Waals surface area contributed by atoms with E-state index in [4.69, 9.17) is 0 Å². The molecule has 6 nitrogen and oxygen atoms in total. The van der Waals surface area contributed by atoms with Crippen LogP contribution in [0.15, 0.2) is 24.3 Å². The van der Waals surface area contributed by atoms with E-state index in [0.717, 1.165) is 12.8 Å². The summed E-state index contributed by atoms with van der Waals surface area (Å²) in [6, 6.07) is 6.39. The van der Waals surface area contributed by atoms with Gasteiger partial charge in [-0.3, -0.25) is 10.1 Å². The summed E-state index contributed by atoms with van der Waals surface area (Å²) in [7, 11) is -3.08. The first-order valence-corrected chi connectivity index (χ1v) is 8.49. The van der Waals surface area contributed by atoms with Gasteiger partial charge in [-0.05, 0) is 12.8 Å². The summed E-state index contributed by atoms with van der Waals surface area (Å²) in [6.07, 6.45) is 3.57. The van der Waals surface area contributed by atoms with Crippen LogP contribution in [-0.2, 0) is 16.4 Å². The van der Waals surface area contributed by atoms with E-state index >= 15 is 0 Å². The van der Waals surface area contributed by atoms with Gasteiger partial charge in [0.05, 0.1) is 10.2 Å². The Kier molecular flexibility index (Phi) is 4.39. The average Bonchev–Trinajstić information content (AvgIpc) is 2.84. The number of nitro benzene ring substituents is 1. The molecule has 110 valence electrons. The number of nitrogens with one attached hydrogen (secondary N) is 1. The Labute approximate surface area is 118 Å². The van der Waals surface area contributed by atoms with Crippen molar-refractivity contribution in [1.29, 1.82) is 0 Å². The van der Waals surface area contributed by atoms with Crippen molar-refractivity contribution in [2.75, 3.05) is 6.26 Å². The summed E-state index contributed by atoms with van der Waals surface area (Å²) in [5, 5.41) is 13.7. The average molecular weight is 298 g/mol. The van der Waals surface area contributed by atoms with Crippen LogP contribution in [0.2, 0.25) is 0 Å². The van der Waals surface area contributed by atoms with Gasteiger partial charge >= 0.3 is 0 Å². The van der Waals surface area contributed by atoms with Crippen LogP contribution in [-0.4, -0.2) is 30.9 Å². The van der Waals surface area contributed by atoms with E-state index in [1.807, 2.05) is 0 Å². The molecular weight excluding hydrogens is 280 g/mol. The van der Waals surface area contributed by atoms with Crippen LogP contribution in [0, 0.1) is 10.1 Å². The van der Waals surface area contributed by atoms with Gasteiger partial charge in [0.25, 0.3) is 5.69 Å². The van der Waals surface area contributed by atoms with Crippen LogP contribution in [0.4, 0.5) is 5.69 Å². The van der Waals surface area contributed by atoms with Crippen molar-refractivity contribution >= 4 is 15.5 Å². The molecule has 0 radical (unpaired) electrons. The Hall–Kier alpha value is -1.47. The number of nitrogens with zero attached hydrogens (tertiary/aromatic N) is 1. The van der Waals surface area contributed by atoms with Gasteiger partial charge in [-0.25, -0.2) is 8.42 Å². The Morgan fingerprint density at radius 3 is 2.70 bits per heavy atom. The highest BCUT2D eigenvalue weighted by Crippen LogP contribution is 2.26. The van der Waals surface area contributed by atoms with Crippen LogP contribution in [0.5, 0.6) is 0 Å². The van der Waals surface area contributed by atoms with Crippen molar-refractivity contribution in [2.24, 2.45) is 0 Å². The molecule has 2 rings (SSSR count). The molecule has 7 heteroatoms. The lowest BCUT2D eigenvalue weighted by atomic mass is 10.1. The summed E-state index contributed by atoms with van der Waals surface area (Å²) in [6.45, 7) is 0.313. The molecule has 1 aliphatic carbocycles. The molecule has 1 aromatic carbocycles. The fraction of sp³-hybridized carbons (Fsp3) is 0.538. The molecule has 0 spiro atoms. The maximum Gasteiger partial charge on any atom is 0.273 e. The first-order valence-electron chi connectivity index (χ1n) is 6.54. The third-order valence-electron chi connectivity index (χ3n) is 3.75. The second-order valence-corrected chi connectivity index (χ2v) is 7.44. The molecule has 0 heterocycles. The molecule has 1 saturated carbocycles. The third kappa shape index (κ3) is 3.34. The number of hydrogen-bond acceptors (Lipinski definition) is 5. The normalized spacial score (nSPS) is 22.9. The Balaban J connectivity index is 2.08. The fourth-order valence-corrected chi connectivity index (χ4v) is 4.18. The highest BCUT2D eigenvalue weighted by atomic mass is 32.2. The summed E-state index contributed by atoms with van der Waals surface area (Å²) < 4.78 is 23.4. The SMILES string of the molecule is CS(=O)(=O)C1CCCC1NCc1ccccc1[N+](=O)[O-]. The molecule has 1 aliphatic rings. The van der Waals surface area contributed by atoms with E-state index in [0.29, 0.717) is 18.5 Å². The molecule has 0 aliphatic heterocycles. The monoisotopic (exact) mass is 298 g/mol. The molecule has 20 heavy (non-hydrogen) atoms. The van der Waals surface area contributed by atoms with Gasteiger partial charge < -0.3 is 5.32 Å². The minimum Gasteiger partial charge on any atom is -0.308 e. The van der Waals surface area contributed by atoms with E-state index in [-0.39, 0.29) is 17.0 Å². The van der Waals surface area contributed by atoms with Gasteiger partial charge in [-0.1, -0.05) is 24.6 Å². The smallest absolute Gasteiger partial charge is 0.273 e. The molecule has 0 saturated heterocycles. The second-order valence-electron chi connectivity index (χ2n) is 5.17. The van der Waals surface area contributed by atoms with Crippen molar-refractivity contribution in [2.45, 2.75) is 37.1 Å². The van der Waals surface area contributed by atoms with Gasteiger partial charge in [-0.15, -0.1) is 0 Å². The van der Waals surface area contributed by atoms with Gasteiger partial charge in [0.1, 0.15) is 0 Å². The molecule has 2 unspecified atom stereocenters. The van der Waals surface area contributed by atoms with Crippen molar-refractivity contribution < 1.29 is 13.3 Å². The molecule has 2 atom stereocenters. The summed E-state index contributed by atoms with van der Waals surface area (Å²) >= 11 is 0. The topological polar surface area (TPSA) is 89.3 Å². The summed E-state index contributed by atoms with van der Waals surface area (Å²) in [4.78, 5) is 10.5. The minimum atomic E-state index is -3.08. The number of benzene rings is 1. The van der Waals surface area contributed by atoms with E-state index < -0.39 is 14.8 Å². The predicted molar refractivity (Wildman–Crippen MR) is 76.2 cm³/mol. The number of rotatable bonds is 5. The second kappa shape index (κ2) is 5.88. The zero-order valence-electron chi connectivity index (χ0n) is 11.3. The van der Waals surface area contributed by atoms with Crippen LogP contribution >= 0.6 is 0 Å². The lowest BCUT2D eigenvalue weighted by Gasteiger charge is -2.19. The van der Waals surface area contributed by atoms with E-state index in [1.165, 1.54) is 12.3 Å². The fourth-order valence-electron chi connectivity index (χ4n) is 2.75. The predicted octanol–water partition coefficient (Wildman–Crippen LogP) is 1.65. The van der Waals surface area contributed by atoms with Gasteiger partial charge in [0.2, 0.25) is 0 Å². The van der Waals surface area contributed by atoms with Gasteiger partial charge in [0, 0.05) is 30.5 Å². The maximum absolute atomic E-state index is 11.7. The Morgan fingerprint density at radius 2 is 2.05 bits per heavy atom. The van der Waals surface area contributed by atoms with Crippen LogP contribution in [0.25, 0.3) is 0 Å². The van der Waals surface area contributed by atoms with Crippen molar-refractivity contribution in [3.8, 4) is 0 Å². The number of nitro groups is 1. The highest BCUT2D eigenvalue weighted by molar-refractivity contribution is 7.91. The quantitative estimate of drug-likeness (QED) is 0.659. The van der Waals surface area contributed by atoms with Crippen molar-refractivity contribution in [1.82, 2.24) is 5.32 Å². The maximum atomic E-state index is 11.7. The first-order chi connectivity index (χ1) is 9.39. The van der Waals surface area contributed by atoms with Gasteiger partial charge in [0.15, 0.2) is 9.84 Å². The lowest BCUT2D eigenvalue weighted by Crippen LogP contribution is -2.39. The first kappa shape index (κ1) is 14.9. The molecule has 1 aromatic rings. The number of hydrogen-bond donors (Lipinski definition) is 1. The molecular formula is C13H18N2O4S. The van der Waals surface area contributed by atoms with E-state index in [1.54, 1.807) is 18.2 Å². The number of para-hydroxylation sites is 1. The highest BCUT2D eigenvalue weighted by Gasteiger charge is 2.34.